The first-order chi connectivity index (χ1) is 6.11. The Kier molecular flexibility index (Phi) is 5.85. The van der Waals surface area contributed by atoms with Gasteiger partial charge in [0.15, 0.2) is 0 Å². The molecule has 0 aromatic heterocycles. The van der Waals surface area contributed by atoms with Crippen molar-refractivity contribution in [3.8, 4) is 0 Å². The van der Waals surface area contributed by atoms with Gasteiger partial charge in [0.1, 0.15) is 6.29 Å². The minimum atomic E-state index is -0.182. The molecule has 1 amide bonds. The van der Waals surface area contributed by atoms with E-state index in [1.165, 1.54) is 0 Å². The zero-order chi connectivity index (χ0) is 10.3. The van der Waals surface area contributed by atoms with Gasteiger partial charge in [-0.2, -0.15) is 0 Å². The van der Waals surface area contributed by atoms with E-state index in [-0.39, 0.29) is 11.8 Å². The van der Waals surface area contributed by atoms with E-state index in [1.54, 1.807) is 24.9 Å². The van der Waals surface area contributed by atoms with E-state index in [0.29, 0.717) is 13.0 Å². The molecule has 0 aromatic carbocycles. The Morgan fingerprint density at radius 1 is 1.62 bits per heavy atom. The van der Waals surface area contributed by atoms with Crippen LogP contribution in [0, 0.1) is 5.92 Å². The lowest BCUT2D eigenvalue weighted by atomic mass is 10.1. The van der Waals surface area contributed by atoms with Gasteiger partial charge < -0.3 is 9.69 Å². The Morgan fingerprint density at radius 2 is 2.23 bits per heavy atom. The standard InChI is InChI=1S/C10H17NO2/c1-4-5-6-11(3)10(13)7-9(2)8-12/h4,8-9H,1,5-7H2,2-3H3. The van der Waals surface area contributed by atoms with Crippen molar-refractivity contribution in [2.24, 2.45) is 5.92 Å². The summed E-state index contributed by atoms with van der Waals surface area (Å²) in [5.74, 6) is -0.167. The van der Waals surface area contributed by atoms with Crippen molar-refractivity contribution >= 4 is 12.2 Å². The van der Waals surface area contributed by atoms with Crippen LogP contribution in [0.1, 0.15) is 19.8 Å². The summed E-state index contributed by atoms with van der Waals surface area (Å²) < 4.78 is 0. The van der Waals surface area contributed by atoms with Gasteiger partial charge in [-0.1, -0.05) is 13.0 Å². The Morgan fingerprint density at radius 3 is 2.69 bits per heavy atom. The lowest BCUT2D eigenvalue weighted by Gasteiger charge is -2.16. The molecule has 13 heavy (non-hydrogen) atoms. The van der Waals surface area contributed by atoms with Gasteiger partial charge in [-0.25, -0.2) is 0 Å². The van der Waals surface area contributed by atoms with Crippen LogP contribution in [0.2, 0.25) is 0 Å². The second-order valence-electron chi connectivity index (χ2n) is 3.21. The molecule has 0 radical (unpaired) electrons. The predicted octanol–water partition coefficient (Wildman–Crippen LogP) is 1.25. The molecule has 0 N–H and O–H groups in total. The van der Waals surface area contributed by atoms with Gasteiger partial charge in [-0.15, -0.1) is 6.58 Å². The average molecular weight is 183 g/mol. The molecule has 0 aliphatic carbocycles. The van der Waals surface area contributed by atoms with Crippen molar-refractivity contribution in [1.82, 2.24) is 4.90 Å². The number of amides is 1. The summed E-state index contributed by atoms with van der Waals surface area (Å²) in [6.07, 6.45) is 3.67. The predicted molar refractivity (Wildman–Crippen MR) is 52.3 cm³/mol. The molecular formula is C10H17NO2. The summed E-state index contributed by atoms with van der Waals surface area (Å²) in [7, 11) is 1.74. The third-order valence-electron chi connectivity index (χ3n) is 1.82. The van der Waals surface area contributed by atoms with Gasteiger partial charge in [0.05, 0.1) is 0 Å². The van der Waals surface area contributed by atoms with Crippen LogP contribution in [-0.4, -0.2) is 30.7 Å². The van der Waals surface area contributed by atoms with Crippen LogP contribution in [0.4, 0.5) is 0 Å². The molecule has 3 heteroatoms. The van der Waals surface area contributed by atoms with Crippen molar-refractivity contribution in [3.05, 3.63) is 12.7 Å². The fraction of sp³-hybridized carbons (Fsp3) is 0.600. The minimum absolute atomic E-state index is 0.0152. The number of carbonyl (C=O) groups excluding carboxylic acids is 2. The Labute approximate surface area is 79.4 Å². The van der Waals surface area contributed by atoms with Gasteiger partial charge >= 0.3 is 0 Å². The van der Waals surface area contributed by atoms with E-state index in [1.807, 2.05) is 0 Å². The molecule has 0 aliphatic rings. The molecule has 0 spiro atoms. The molecular weight excluding hydrogens is 166 g/mol. The summed E-state index contributed by atoms with van der Waals surface area (Å²) in [5.41, 5.74) is 0. The first kappa shape index (κ1) is 11.9. The Bertz CT molecular complexity index is 189. The van der Waals surface area contributed by atoms with Crippen molar-refractivity contribution in [3.63, 3.8) is 0 Å². The Balaban J connectivity index is 3.81. The highest BCUT2D eigenvalue weighted by atomic mass is 16.2. The lowest BCUT2D eigenvalue weighted by Crippen LogP contribution is -2.28. The highest BCUT2D eigenvalue weighted by Gasteiger charge is 2.11. The first-order valence-electron chi connectivity index (χ1n) is 4.42. The van der Waals surface area contributed by atoms with Gasteiger partial charge in [0.25, 0.3) is 0 Å². The molecule has 1 unspecified atom stereocenters. The van der Waals surface area contributed by atoms with E-state index in [2.05, 4.69) is 6.58 Å². The summed E-state index contributed by atoms with van der Waals surface area (Å²) in [6.45, 7) is 5.99. The van der Waals surface area contributed by atoms with Gasteiger partial charge in [-0.3, -0.25) is 4.79 Å². The van der Waals surface area contributed by atoms with Gasteiger partial charge in [-0.05, 0) is 6.42 Å². The van der Waals surface area contributed by atoms with E-state index in [0.717, 1.165) is 12.7 Å². The molecule has 3 nitrogen and oxygen atoms in total. The molecule has 0 saturated heterocycles. The Hall–Kier alpha value is -1.12. The largest absolute Gasteiger partial charge is 0.345 e. The molecule has 0 rings (SSSR count). The quantitative estimate of drug-likeness (QED) is 0.459. The maximum absolute atomic E-state index is 11.4. The smallest absolute Gasteiger partial charge is 0.223 e. The van der Waals surface area contributed by atoms with Crippen molar-refractivity contribution < 1.29 is 9.59 Å². The zero-order valence-corrected chi connectivity index (χ0v) is 8.32. The van der Waals surface area contributed by atoms with E-state index in [4.69, 9.17) is 0 Å². The third-order valence-corrected chi connectivity index (χ3v) is 1.82. The number of aldehydes is 1. The van der Waals surface area contributed by atoms with Crippen LogP contribution >= 0.6 is 0 Å². The van der Waals surface area contributed by atoms with Crippen LogP contribution in [0.3, 0.4) is 0 Å². The van der Waals surface area contributed by atoms with Crippen molar-refractivity contribution in [1.29, 1.82) is 0 Å². The van der Waals surface area contributed by atoms with E-state index in [9.17, 15) is 9.59 Å². The fourth-order valence-electron chi connectivity index (χ4n) is 0.889. The number of rotatable bonds is 6. The van der Waals surface area contributed by atoms with Crippen LogP contribution in [0.25, 0.3) is 0 Å². The fourth-order valence-corrected chi connectivity index (χ4v) is 0.889. The normalized spacial score (nSPS) is 11.8. The highest BCUT2D eigenvalue weighted by molar-refractivity contribution is 5.78. The summed E-state index contributed by atoms with van der Waals surface area (Å²) in [5, 5.41) is 0. The average Bonchev–Trinajstić information content (AvgIpc) is 2.13. The molecule has 0 bridgehead atoms. The second kappa shape index (κ2) is 6.40. The summed E-state index contributed by atoms with van der Waals surface area (Å²) >= 11 is 0. The minimum Gasteiger partial charge on any atom is -0.345 e. The van der Waals surface area contributed by atoms with E-state index >= 15 is 0 Å². The number of carbonyl (C=O) groups is 2. The van der Waals surface area contributed by atoms with Gasteiger partial charge in [0.2, 0.25) is 5.91 Å². The lowest BCUT2D eigenvalue weighted by molar-refractivity contribution is -0.132. The molecule has 0 aromatic rings. The number of hydrogen-bond donors (Lipinski definition) is 0. The highest BCUT2D eigenvalue weighted by Crippen LogP contribution is 2.01. The molecule has 1 atom stereocenters. The van der Waals surface area contributed by atoms with Crippen molar-refractivity contribution in [2.45, 2.75) is 19.8 Å². The first-order valence-corrected chi connectivity index (χ1v) is 4.42. The monoisotopic (exact) mass is 183 g/mol. The third kappa shape index (κ3) is 5.17. The van der Waals surface area contributed by atoms with Gasteiger partial charge in [0, 0.05) is 25.9 Å². The molecule has 0 fully saturated rings. The van der Waals surface area contributed by atoms with E-state index < -0.39 is 0 Å². The molecule has 0 heterocycles. The topological polar surface area (TPSA) is 37.4 Å². The zero-order valence-electron chi connectivity index (χ0n) is 8.32. The van der Waals surface area contributed by atoms with Crippen LogP contribution in [0.5, 0.6) is 0 Å². The maximum Gasteiger partial charge on any atom is 0.223 e. The SMILES string of the molecule is C=CCCN(C)C(=O)CC(C)C=O. The second-order valence-corrected chi connectivity index (χ2v) is 3.21. The molecule has 74 valence electrons. The molecule has 0 saturated carbocycles. The van der Waals surface area contributed by atoms with Crippen molar-refractivity contribution in [2.75, 3.05) is 13.6 Å². The van der Waals surface area contributed by atoms with Crippen LogP contribution in [0.15, 0.2) is 12.7 Å². The molecule has 0 aliphatic heterocycles. The number of hydrogen-bond acceptors (Lipinski definition) is 2. The summed E-state index contributed by atoms with van der Waals surface area (Å²) in [6, 6.07) is 0. The number of nitrogens with zero attached hydrogens (tertiary/aromatic N) is 1. The summed E-state index contributed by atoms with van der Waals surface area (Å²) in [4.78, 5) is 23.3. The van der Waals surface area contributed by atoms with Crippen LogP contribution in [-0.2, 0) is 9.59 Å². The maximum atomic E-state index is 11.4. The van der Waals surface area contributed by atoms with Crippen LogP contribution < -0.4 is 0 Å².